The number of nitrogens with zero attached hydrogens (tertiary/aromatic N) is 1. The summed E-state index contributed by atoms with van der Waals surface area (Å²) in [6, 6.07) is 18.4. The van der Waals surface area contributed by atoms with Crippen molar-refractivity contribution < 1.29 is 22.3 Å². The highest BCUT2D eigenvalue weighted by Crippen LogP contribution is 2.33. The van der Waals surface area contributed by atoms with Gasteiger partial charge in [0.15, 0.2) is 0 Å². The molecule has 0 atom stereocenters. The Morgan fingerprint density at radius 1 is 1.03 bits per heavy atom. The molecule has 9 heteroatoms. The molecule has 192 valence electrons. The van der Waals surface area contributed by atoms with Crippen LogP contribution in [0.15, 0.2) is 71.6 Å². The lowest BCUT2D eigenvalue weighted by Crippen LogP contribution is -2.41. The van der Waals surface area contributed by atoms with Crippen molar-refractivity contribution in [3.05, 3.63) is 89.2 Å². The van der Waals surface area contributed by atoms with Crippen molar-refractivity contribution in [1.29, 1.82) is 0 Å². The minimum Gasteiger partial charge on any atom is -0.495 e. The quantitative estimate of drug-likeness (QED) is 0.330. The number of methoxy groups -OCH3 is 1. The standard InChI is InChI=1S/C27H31FN2O4S2/c1-20-9-12-23(13-10-20)36(32,33)30(25-17-21(2)11-14-26(25)34-3)18-27(31)29-15-6-16-35-19-22-7-4-5-8-24(22)28/h4-5,7-14,17H,6,15-16,18-19H2,1-3H3,(H,29,31). The van der Waals surface area contributed by atoms with E-state index in [9.17, 15) is 17.6 Å². The van der Waals surface area contributed by atoms with Crippen molar-refractivity contribution in [3.8, 4) is 5.75 Å². The number of sulfonamides is 1. The van der Waals surface area contributed by atoms with Crippen LogP contribution in [0.25, 0.3) is 0 Å². The highest BCUT2D eigenvalue weighted by molar-refractivity contribution is 7.98. The lowest BCUT2D eigenvalue weighted by molar-refractivity contribution is -0.119. The number of amides is 1. The monoisotopic (exact) mass is 530 g/mol. The average Bonchev–Trinajstić information content (AvgIpc) is 2.86. The maximum atomic E-state index is 13.7. The molecule has 0 heterocycles. The van der Waals surface area contributed by atoms with Crippen molar-refractivity contribution >= 4 is 33.4 Å². The third kappa shape index (κ3) is 7.24. The summed E-state index contributed by atoms with van der Waals surface area (Å²) in [4.78, 5) is 12.9. The first-order chi connectivity index (χ1) is 17.2. The van der Waals surface area contributed by atoms with E-state index < -0.39 is 22.5 Å². The molecule has 0 aliphatic heterocycles. The van der Waals surface area contributed by atoms with Crippen LogP contribution in [0.1, 0.15) is 23.1 Å². The molecule has 36 heavy (non-hydrogen) atoms. The maximum absolute atomic E-state index is 13.7. The number of anilines is 1. The summed E-state index contributed by atoms with van der Waals surface area (Å²) in [5.41, 5.74) is 2.71. The van der Waals surface area contributed by atoms with Crippen LogP contribution >= 0.6 is 11.8 Å². The molecular weight excluding hydrogens is 499 g/mol. The van der Waals surface area contributed by atoms with Crippen LogP contribution in [-0.2, 0) is 20.6 Å². The van der Waals surface area contributed by atoms with Gasteiger partial charge >= 0.3 is 0 Å². The number of hydrogen-bond donors (Lipinski definition) is 1. The number of thioether (sulfide) groups is 1. The molecular formula is C27H31FN2O4S2. The summed E-state index contributed by atoms with van der Waals surface area (Å²) in [5.74, 6) is 0.990. The summed E-state index contributed by atoms with van der Waals surface area (Å²) >= 11 is 1.58. The predicted molar refractivity (Wildman–Crippen MR) is 144 cm³/mol. The topological polar surface area (TPSA) is 75.7 Å². The number of benzene rings is 3. The number of hydrogen-bond acceptors (Lipinski definition) is 5. The largest absolute Gasteiger partial charge is 0.495 e. The van der Waals surface area contributed by atoms with E-state index in [1.165, 1.54) is 25.3 Å². The van der Waals surface area contributed by atoms with Crippen molar-refractivity contribution in [3.63, 3.8) is 0 Å². The van der Waals surface area contributed by atoms with Crippen LogP contribution < -0.4 is 14.4 Å². The fourth-order valence-electron chi connectivity index (χ4n) is 3.52. The number of rotatable bonds is 12. The SMILES string of the molecule is COc1ccc(C)cc1N(CC(=O)NCCCSCc1ccccc1F)S(=O)(=O)c1ccc(C)cc1. The molecule has 0 aliphatic carbocycles. The van der Waals surface area contributed by atoms with Gasteiger partial charge in [0.05, 0.1) is 17.7 Å². The normalized spacial score (nSPS) is 11.2. The molecule has 3 rings (SSSR count). The molecule has 3 aromatic carbocycles. The maximum Gasteiger partial charge on any atom is 0.264 e. The van der Waals surface area contributed by atoms with E-state index in [0.29, 0.717) is 35.7 Å². The minimum atomic E-state index is -4.04. The molecule has 3 aromatic rings. The van der Waals surface area contributed by atoms with Crippen molar-refractivity contribution in [2.75, 3.05) is 30.3 Å². The van der Waals surface area contributed by atoms with Gasteiger partial charge in [-0.15, -0.1) is 0 Å². The van der Waals surface area contributed by atoms with E-state index in [2.05, 4.69) is 5.32 Å². The van der Waals surface area contributed by atoms with Gasteiger partial charge in [-0.1, -0.05) is 42.0 Å². The van der Waals surface area contributed by atoms with Crippen LogP contribution in [0.3, 0.4) is 0 Å². The van der Waals surface area contributed by atoms with Gasteiger partial charge in [0.1, 0.15) is 18.1 Å². The van der Waals surface area contributed by atoms with Crippen LogP contribution in [0.2, 0.25) is 0 Å². The molecule has 0 bridgehead atoms. The molecule has 0 unspecified atom stereocenters. The third-order valence-corrected chi connectivity index (χ3v) is 8.37. The highest BCUT2D eigenvalue weighted by atomic mass is 32.2. The Morgan fingerprint density at radius 2 is 1.72 bits per heavy atom. The van der Waals surface area contributed by atoms with Crippen LogP contribution in [-0.4, -0.2) is 40.3 Å². The second kappa shape index (κ2) is 12.8. The van der Waals surface area contributed by atoms with Crippen molar-refractivity contribution in [2.45, 2.75) is 30.9 Å². The van der Waals surface area contributed by atoms with E-state index in [4.69, 9.17) is 4.74 Å². The molecule has 0 radical (unpaired) electrons. The van der Waals surface area contributed by atoms with E-state index in [1.54, 1.807) is 54.2 Å². The lowest BCUT2D eigenvalue weighted by atomic mass is 10.2. The van der Waals surface area contributed by atoms with Crippen molar-refractivity contribution in [1.82, 2.24) is 5.32 Å². The Balaban J connectivity index is 1.67. The van der Waals surface area contributed by atoms with E-state index >= 15 is 0 Å². The molecule has 0 fully saturated rings. The summed E-state index contributed by atoms with van der Waals surface area (Å²) in [6.07, 6.45) is 0.670. The first-order valence-corrected chi connectivity index (χ1v) is 14.1. The van der Waals surface area contributed by atoms with Crippen LogP contribution in [0, 0.1) is 19.7 Å². The van der Waals surface area contributed by atoms with Gasteiger partial charge in [0, 0.05) is 12.3 Å². The molecule has 1 amide bonds. The molecule has 1 N–H and O–H groups in total. The zero-order valence-electron chi connectivity index (χ0n) is 20.7. The van der Waals surface area contributed by atoms with Gasteiger partial charge in [-0.2, -0.15) is 11.8 Å². The molecule has 0 aliphatic rings. The third-order valence-electron chi connectivity index (χ3n) is 5.50. The highest BCUT2D eigenvalue weighted by Gasteiger charge is 2.29. The Kier molecular flexibility index (Phi) is 9.78. The molecule has 0 aromatic heterocycles. The number of carbonyl (C=O) groups excluding carboxylic acids is 1. The van der Waals surface area contributed by atoms with Crippen molar-refractivity contribution in [2.24, 2.45) is 0 Å². The zero-order valence-corrected chi connectivity index (χ0v) is 22.3. The Morgan fingerprint density at radius 3 is 2.42 bits per heavy atom. The summed E-state index contributed by atoms with van der Waals surface area (Å²) in [5, 5.41) is 2.80. The first-order valence-electron chi connectivity index (χ1n) is 11.5. The number of carbonyl (C=O) groups is 1. The fraction of sp³-hybridized carbons (Fsp3) is 0.296. The number of ether oxygens (including phenoxy) is 1. The molecule has 0 saturated carbocycles. The molecule has 6 nitrogen and oxygen atoms in total. The zero-order chi connectivity index (χ0) is 26.1. The fourth-order valence-corrected chi connectivity index (χ4v) is 5.89. The van der Waals surface area contributed by atoms with Gasteiger partial charge in [0.25, 0.3) is 10.0 Å². The number of nitrogens with one attached hydrogen (secondary N) is 1. The lowest BCUT2D eigenvalue weighted by Gasteiger charge is -2.26. The smallest absolute Gasteiger partial charge is 0.264 e. The average molecular weight is 531 g/mol. The van der Waals surface area contributed by atoms with Gasteiger partial charge < -0.3 is 10.1 Å². The molecule has 0 spiro atoms. The molecule has 0 saturated heterocycles. The van der Waals surface area contributed by atoms with Crippen LogP contribution in [0.4, 0.5) is 10.1 Å². The predicted octanol–water partition coefficient (Wildman–Crippen LogP) is 5.09. The van der Waals surface area contributed by atoms with Gasteiger partial charge in [-0.05, 0) is 67.5 Å². The summed E-state index contributed by atoms with van der Waals surface area (Å²) in [6.45, 7) is 3.71. The van der Waals surface area contributed by atoms with Gasteiger partial charge in [-0.3, -0.25) is 9.10 Å². The van der Waals surface area contributed by atoms with E-state index in [0.717, 1.165) is 21.2 Å². The van der Waals surface area contributed by atoms with Crippen LogP contribution in [0.5, 0.6) is 5.75 Å². The summed E-state index contributed by atoms with van der Waals surface area (Å²) < 4.78 is 47.4. The minimum absolute atomic E-state index is 0.0917. The summed E-state index contributed by atoms with van der Waals surface area (Å²) in [7, 11) is -2.57. The Hall–Kier alpha value is -3.04. The second-order valence-corrected chi connectivity index (χ2v) is 11.3. The van der Waals surface area contributed by atoms with Gasteiger partial charge in [0.2, 0.25) is 5.91 Å². The first kappa shape index (κ1) is 27.5. The van der Waals surface area contributed by atoms with Gasteiger partial charge in [-0.25, -0.2) is 12.8 Å². The van der Waals surface area contributed by atoms with E-state index in [-0.39, 0.29) is 10.7 Å². The Labute approximate surface area is 216 Å². The second-order valence-electron chi connectivity index (χ2n) is 8.35. The number of aryl methyl sites for hydroxylation is 2. The Bertz CT molecular complexity index is 1280. The number of halogens is 1. The van der Waals surface area contributed by atoms with E-state index in [1.807, 2.05) is 19.9 Å².